The highest BCUT2D eigenvalue weighted by molar-refractivity contribution is 6.29. The molecular weight excluding hydrogens is 204 g/mol. The summed E-state index contributed by atoms with van der Waals surface area (Å²) in [4.78, 5) is 7.96. The van der Waals surface area contributed by atoms with E-state index in [0.29, 0.717) is 16.5 Å². The molecule has 0 bridgehead atoms. The molecule has 2 aromatic rings. The first-order valence-electron chi connectivity index (χ1n) is 4.07. The van der Waals surface area contributed by atoms with Crippen LogP contribution in [0, 0.1) is 0 Å². The minimum Gasteiger partial charge on any atom is -0.394 e. The van der Waals surface area contributed by atoms with Crippen LogP contribution >= 0.6 is 11.6 Å². The Morgan fingerprint density at radius 2 is 2.29 bits per heavy atom. The molecule has 6 heteroatoms. The van der Waals surface area contributed by atoms with Gasteiger partial charge in [0.1, 0.15) is 5.15 Å². The van der Waals surface area contributed by atoms with Gasteiger partial charge in [0.05, 0.1) is 30.7 Å². The topological polar surface area (TPSA) is 76.4 Å². The van der Waals surface area contributed by atoms with E-state index in [1.807, 2.05) is 0 Å². The van der Waals surface area contributed by atoms with Crippen molar-refractivity contribution < 1.29 is 5.11 Å². The third kappa shape index (κ3) is 1.45. The number of hydrogen-bond acceptors (Lipinski definition) is 4. The van der Waals surface area contributed by atoms with Gasteiger partial charge in [-0.25, -0.2) is 9.97 Å². The first kappa shape index (κ1) is 9.39. The number of fused-ring (bicyclic) bond motifs is 1. The van der Waals surface area contributed by atoms with Crippen LogP contribution in [0.3, 0.4) is 0 Å². The van der Waals surface area contributed by atoms with Crippen LogP contribution in [-0.2, 0) is 0 Å². The largest absolute Gasteiger partial charge is 0.394 e. The minimum absolute atomic E-state index is 0.131. The molecule has 2 aromatic heterocycles. The molecule has 3 N–H and O–H groups in total. The van der Waals surface area contributed by atoms with Gasteiger partial charge in [-0.1, -0.05) is 11.6 Å². The molecule has 1 atom stereocenters. The van der Waals surface area contributed by atoms with Crippen molar-refractivity contribution in [3.05, 3.63) is 29.4 Å². The van der Waals surface area contributed by atoms with Gasteiger partial charge in [0.2, 0.25) is 0 Å². The highest BCUT2D eigenvalue weighted by Crippen LogP contribution is 2.14. The van der Waals surface area contributed by atoms with E-state index in [1.54, 1.807) is 23.0 Å². The maximum Gasteiger partial charge on any atom is 0.155 e. The van der Waals surface area contributed by atoms with E-state index in [0.717, 1.165) is 0 Å². The number of nitrogens with two attached hydrogens (primary N) is 1. The van der Waals surface area contributed by atoms with Gasteiger partial charge >= 0.3 is 0 Å². The number of rotatable bonds is 2. The zero-order valence-electron chi connectivity index (χ0n) is 7.26. The number of hydrogen-bond donors (Lipinski definition) is 2. The average Bonchev–Trinajstić information content (AvgIpc) is 2.59. The van der Waals surface area contributed by atoms with E-state index in [9.17, 15) is 0 Å². The van der Waals surface area contributed by atoms with E-state index in [2.05, 4.69) is 9.97 Å². The second-order valence-corrected chi connectivity index (χ2v) is 3.30. The third-order valence-electron chi connectivity index (χ3n) is 1.97. The van der Waals surface area contributed by atoms with Crippen molar-refractivity contribution in [2.45, 2.75) is 6.04 Å². The van der Waals surface area contributed by atoms with Crippen molar-refractivity contribution >= 4 is 17.2 Å². The number of nitrogens with zero attached hydrogens (tertiary/aromatic N) is 3. The summed E-state index contributed by atoms with van der Waals surface area (Å²) in [6.07, 6.45) is 4.78. The molecule has 0 fully saturated rings. The Balaban J connectivity index is 2.61. The van der Waals surface area contributed by atoms with Gasteiger partial charge < -0.3 is 10.8 Å². The Labute approximate surface area is 85.2 Å². The molecule has 2 rings (SSSR count). The Morgan fingerprint density at radius 1 is 1.50 bits per heavy atom. The maximum atomic E-state index is 8.92. The van der Waals surface area contributed by atoms with Crippen molar-refractivity contribution in [1.82, 2.24) is 14.4 Å². The van der Waals surface area contributed by atoms with Crippen LogP contribution < -0.4 is 5.73 Å². The third-order valence-corrected chi connectivity index (χ3v) is 2.16. The fourth-order valence-electron chi connectivity index (χ4n) is 1.25. The molecule has 0 aliphatic rings. The molecule has 0 radical (unpaired) electrons. The average molecular weight is 213 g/mol. The summed E-state index contributed by atoms with van der Waals surface area (Å²) in [5, 5.41) is 9.28. The van der Waals surface area contributed by atoms with E-state index in [1.165, 1.54) is 0 Å². The molecule has 0 amide bonds. The van der Waals surface area contributed by atoms with Crippen LogP contribution in [0.2, 0.25) is 5.15 Å². The molecule has 1 unspecified atom stereocenters. The number of halogens is 1. The Hall–Kier alpha value is -1.17. The molecule has 0 saturated heterocycles. The molecule has 74 valence electrons. The van der Waals surface area contributed by atoms with Gasteiger partial charge in [-0.05, 0) is 0 Å². The second kappa shape index (κ2) is 3.53. The molecule has 2 heterocycles. The van der Waals surface area contributed by atoms with Gasteiger partial charge in [0.25, 0.3) is 0 Å². The van der Waals surface area contributed by atoms with Gasteiger partial charge in [0, 0.05) is 6.20 Å². The summed E-state index contributed by atoms with van der Waals surface area (Å²) in [5.41, 5.74) is 7.06. The van der Waals surface area contributed by atoms with Gasteiger partial charge in [-0.15, -0.1) is 0 Å². The van der Waals surface area contributed by atoms with Crippen LogP contribution in [-0.4, -0.2) is 26.1 Å². The molecule has 0 aliphatic heterocycles. The summed E-state index contributed by atoms with van der Waals surface area (Å²) in [5.74, 6) is 0. The molecule has 5 nitrogen and oxygen atoms in total. The monoisotopic (exact) mass is 212 g/mol. The highest BCUT2D eigenvalue weighted by Gasteiger charge is 2.10. The zero-order valence-corrected chi connectivity index (χ0v) is 8.02. The van der Waals surface area contributed by atoms with Crippen molar-refractivity contribution in [3.8, 4) is 0 Å². The Kier molecular flexibility index (Phi) is 2.37. The summed E-state index contributed by atoms with van der Waals surface area (Å²) in [6.45, 7) is -0.131. The lowest BCUT2D eigenvalue weighted by atomic mass is 10.2. The molecule has 0 saturated carbocycles. The van der Waals surface area contributed by atoms with E-state index in [4.69, 9.17) is 22.4 Å². The van der Waals surface area contributed by atoms with E-state index in [-0.39, 0.29) is 6.61 Å². The summed E-state index contributed by atoms with van der Waals surface area (Å²) in [7, 11) is 0. The fourth-order valence-corrected chi connectivity index (χ4v) is 1.40. The number of aromatic nitrogens is 3. The van der Waals surface area contributed by atoms with Crippen molar-refractivity contribution in [3.63, 3.8) is 0 Å². The van der Waals surface area contributed by atoms with E-state index >= 15 is 0 Å². The lowest BCUT2D eigenvalue weighted by molar-refractivity contribution is 0.265. The van der Waals surface area contributed by atoms with Crippen molar-refractivity contribution in [2.75, 3.05) is 6.61 Å². The van der Waals surface area contributed by atoms with E-state index < -0.39 is 6.04 Å². The molecule has 0 aromatic carbocycles. The Morgan fingerprint density at radius 3 is 3.00 bits per heavy atom. The van der Waals surface area contributed by atoms with Crippen LogP contribution in [0.4, 0.5) is 0 Å². The predicted molar refractivity (Wildman–Crippen MR) is 52.0 cm³/mol. The number of aliphatic hydroxyl groups is 1. The number of imidazole rings is 1. The van der Waals surface area contributed by atoms with Crippen LogP contribution in [0.5, 0.6) is 0 Å². The zero-order chi connectivity index (χ0) is 10.1. The quantitative estimate of drug-likeness (QED) is 0.755. The van der Waals surface area contributed by atoms with Crippen LogP contribution in [0.1, 0.15) is 11.7 Å². The smallest absolute Gasteiger partial charge is 0.155 e. The molecule has 0 aliphatic carbocycles. The predicted octanol–water partition coefficient (Wildman–Crippen LogP) is 0.375. The van der Waals surface area contributed by atoms with Crippen molar-refractivity contribution in [2.24, 2.45) is 5.73 Å². The van der Waals surface area contributed by atoms with Gasteiger partial charge in [0.15, 0.2) is 5.65 Å². The lowest BCUT2D eigenvalue weighted by Gasteiger charge is -2.07. The normalized spacial score (nSPS) is 13.4. The van der Waals surface area contributed by atoms with Crippen LogP contribution in [0.25, 0.3) is 5.65 Å². The summed E-state index contributed by atoms with van der Waals surface area (Å²) < 4.78 is 1.72. The number of aliphatic hydroxyl groups excluding tert-OH is 1. The molecule has 14 heavy (non-hydrogen) atoms. The minimum atomic E-state index is -0.455. The van der Waals surface area contributed by atoms with Gasteiger partial charge in [-0.2, -0.15) is 0 Å². The molecule has 0 spiro atoms. The summed E-state index contributed by atoms with van der Waals surface area (Å²) >= 11 is 5.73. The SMILES string of the molecule is NC(CO)c1cnc2cnc(Cl)cn12. The first-order chi connectivity index (χ1) is 6.72. The maximum absolute atomic E-state index is 8.92. The fraction of sp³-hybridized carbons (Fsp3) is 0.250. The lowest BCUT2D eigenvalue weighted by Crippen LogP contribution is -2.16. The first-order valence-corrected chi connectivity index (χ1v) is 4.45. The van der Waals surface area contributed by atoms with Crippen LogP contribution in [0.15, 0.2) is 18.6 Å². The summed E-state index contributed by atoms with van der Waals surface area (Å²) in [6, 6.07) is -0.455. The molecular formula is C8H9ClN4O. The highest BCUT2D eigenvalue weighted by atomic mass is 35.5. The second-order valence-electron chi connectivity index (χ2n) is 2.91. The van der Waals surface area contributed by atoms with Gasteiger partial charge in [-0.3, -0.25) is 4.40 Å². The van der Waals surface area contributed by atoms with Crippen molar-refractivity contribution in [1.29, 1.82) is 0 Å². The Bertz CT molecular complexity index is 456. The standard InChI is InChI=1S/C8H9ClN4O/c9-7-3-13-6(5(10)4-14)1-12-8(13)2-11-7/h1-3,5,14H,4,10H2.